The van der Waals surface area contributed by atoms with E-state index >= 15 is 0 Å². The van der Waals surface area contributed by atoms with Crippen molar-refractivity contribution in [1.82, 2.24) is 10.2 Å². The van der Waals surface area contributed by atoms with Gasteiger partial charge in [-0.05, 0) is 46.2 Å². The fourth-order valence-corrected chi connectivity index (χ4v) is 2.61. The number of rotatable bonds is 5. The van der Waals surface area contributed by atoms with Gasteiger partial charge in [0.05, 0.1) is 5.41 Å². The van der Waals surface area contributed by atoms with Crippen LogP contribution in [0.1, 0.15) is 40.0 Å². The molecule has 3 heteroatoms. The first-order valence-electron chi connectivity index (χ1n) is 6.70. The van der Waals surface area contributed by atoms with Crippen molar-refractivity contribution < 1.29 is 4.79 Å². The van der Waals surface area contributed by atoms with E-state index in [1.54, 1.807) is 0 Å². The minimum atomic E-state index is -0.128. The number of nitrogens with zero attached hydrogens (tertiary/aromatic N) is 1. The van der Waals surface area contributed by atoms with Crippen molar-refractivity contribution in [3.63, 3.8) is 0 Å². The Kier molecular flexibility index (Phi) is 5.19. The van der Waals surface area contributed by atoms with Crippen LogP contribution in [0.5, 0.6) is 0 Å². The fraction of sp³-hybridized carbons (Fsp3) is 0.786. The summed E-state index contributed by atoms with van der Waals surface area (Å²) in [7, 11) is 0. The topological polar surface area (TPSA) is 32.3 Å². The Bertz CT molecular complexity index is 280. The van der Waals surface area contributed by atoms with Crippen molar-refractivity contribution in [3.05, 3.63) is 12.2 Å². The minimum absolute atomic E-state index is 0.128. The van der Waals surface area contributed by atoms with E-state index in [4.69, 9.17) is 0 Å². The molecule has 1 rings (SSSR count). The van der Waals surface area contributed by atoms with Gasteiger partial charge in [-0.2, -0.15) is 0 Å². The lowest BCUT2D eigenvalue weighted by atomic mass is 9.75. The number of likely N-dealkylation sites (N-methyl/N-ethyl adjacent to an activating group) is 1. The van der Waals surface area contributed by atoms with Crippen LogP contribution in [-0.2, 0) is 4.79 Å². The molecule has 1 N–H and O–H groups in total. The summed E-state index contributed by atoms with van der Waals surface area (Å²) in [5, 5.41) is 3.34. The summed E-state index contributed by atoms with van der Waals surface area (Å²) >= 11 is 0. The van der Waals surface area contributed by atoms with Crippen molar-refractivity contribution >= 4 is 5.91 Å². The van der Waals surface area contributed by atoms with E-state index in [0.29, 0.717) is 12.5 Å². The average Bonchev–Trinajstić information content (AvgIpc) is 2.35. The van der Waals surface area contributed by atoms with Gasteiger partial charge in [-0.25, -0.2) is 0 Å². The zero-order valence-electron chi connectivity index (χ0n) is 11.5. The molecule has 3 nitrogen and oxygen atoms in total. The first-order valence-corrected chi connectivity index (χ1v) is 6.70. The number of hydrogen-bond donors (Lipinski definition) is 1. The van der Waals surface area contributed by atoms with Crippen LogP contribution >= 0.6 is 0 Å². The number of piperidine rings is 1. The van der Waals surface area contributed by atoms with E-state index in [1.807, 2.05) is 18.7 Å². The summed E-state index contributed by atoms with van der Waals surface area (Å²) in [5.74, 6) is 0.326. The third-order valence-corrected chi connectivity index (χ3v) is 3.82. The molecule has 1 aliphatic rings. The van der Waals surface area contributed by atoms with Crippen molar-refractivity contribution in [3.8, 4) is 0 Å². The molecule has 0 aliphatic carbocycles. The Labute approximate surface area is 105 Å². The first-order chi connectivity index (χ1) is 8.05. The smallest absolute Gasteiger partial charge is 0.229 e. The monoisotopic (exact) mass is 238 g/mol. The van der Waals surface area contributed by atoms with Gasteiger partial charge >= 0.3 is 0 Å². The van der Waals surface area contributed by atoms with Crippen LogP contribution in [0.25, 0.3) is 0 Å². The maximum absolute atomic E-state index is 12.7. The Morgan fingerprint density at radius 1 is 1.35 bits per heavy atom. The summed E-state index contributed by atoms with van der Waals surface area (Å²) < 4.78 is 0. The second kappa shape index (κ2) is 6.20. The van der Waals surface area contributed by atoms with E-state index < -0.39 is 0 Å². The van der Waals surface area contributed by atoms with E-state index in [-0.39, 0.29) is 5.41 Å². The second-order valence-electron chi connectivity index (χ2n) is 5.16. The van der Waals surface area contributed by atoms with Crippen molar-refractivity contribution in [2.24, 2.45) is 5.41 Å². The number of nitrogens with one attached hydrogen (secondary N) is 1. The van der Waals surface area contributed by atoms with Gasteiger partial charge in [-0.1, -0.05) is 19.1 Å². The highest BCUT2D eigenvalue weighted by molar-refractivity contribution is 5.83. The standard InChI is InChI=1S/C14H26N2O/c1-5-14(7-9-15-10-8-14)13(17)16(6-2)11-12(3)4/h15H,3,5-11H2,1-2,4H3. The van der Waals surface area contributed by atoms with Gasteiger partial charge in [-0.15, -0.1) is 0 Å². The van der Waals surface area contributed by atoms with Crippen LogP contribution in [0.2, 0.25) is 0 Å². The van der Waals surface area contributed by atoms with E-state index in [2.05, 4.69) is 18.8 Å². The molecule has 0 unspecified atom stereocenters. The Balaban J connectivity index is 2.78. The molecule has 98 valence electrons. The lowest BCUT2D eigenvalue weighted by Crippen LogP contribution is -2.49. The van der Waals surface area contributed by atoms with Crippen LogP contribution in [0.15, 0.2) is 12.2 Å². The van der Waals surface area contributed by atoms with Crippen molar-refractivity contribution in [1.29, 1.82) is 0 Å². The Morgan fingerprint density at radius 2 is 1.94 bits per heavy atom. The molecule has 0 spiro atoms. The first kappa shape index (κ1) is 14.2. The minimum Gasteiger partial charge on any atom is -0.339 e. The number of hydrogen-bond acceptors (Lipinski definition) is 2. The fourth-order valence-electron chi connectivity index (χ4n) is 2.61. The van der Waals surface area contributed by atoms with Crippen LogP contribution in [-0.4, -0.2) is 37.0 Å². The molecule has 0 bridgehead atoms. The van der Waals surface area contributed by atoms with E-state index in [9.17, 15) is 4.79 Å². The number of carbonyl (C=O) groups is 1. The number of carbonyl (C=O) groups excluding carboxylic acids is 1. The molecule has 0 atom stereocenters. The van der Waals surface area contributed by atoms with Gasteiger partial charge < -0.3 is 10.2 Å². The third-order valence-electron chi connectivity index (χ3n) is 3.82. The highest BCUT2D eigenvalue weighted by Crippen LogP contribution is 2.34. The highest BCUT2D eigenvalue weighted by atomic mass is 16.2. The molecular weight excluding hydrogens is 212 g/mol. The average molecular weight is 238 g/mol. The summed E-state index contributed by atoms with van der Waals surface area (Å²) in [4.78, 5) is 14.6. The molecular formula is C14H26N2O. The van der Waals surface area contributed by atoms with Gasteiger partial charge in [-0.3, -0.25) is 4.79 Å². The maximum atomic E-state index is 12.7. The Morgan fingerprint density at radius 3 is 2.35 bits per heavy atom. The van der Waals surface area contributed by atoms with Gasteiger partial charge in [0, 0.05) is 13.1 Å². The molecule has 0 aromatic heterocycles. The predicted octanol–water partition coefficient (Wildman–Crippen LogP) is 2.19. The van der Waals surface area contributed by atoms with Crippen molar-refractivity contribution in [2.45, 2.75) is 40.0 Å². The van der Waals surface area contributed by atoms with Crippen LogP contribution in [0.3, 0.4) is 0 Å². The molecule has 17 heavy (non-hydrogen) atoms. The number of amides is 1. The molecule has 0 saturated carbocycles. The summed E-state index contributed by atoms with van der Waals surface area (Å²) in [6.07, 6.45) is 2.88. The molecule has 1 fully saturated rings. The quantitative estimate of drug-likeness (QED) is 0.745. The van der Waals surface area contributed by atoms with Gasteiger partial charge in [0.2, 0.25) is 5.91 Å². The van der Waals surface area contributed by atoms with Crippen LogP contribution in [0, 0.1) is 5.41 Å². The maximum Gasteiger partial charge on any atom is 0.229 e. The SMILES string of the molecule is C=C(C)CN(CC)C(=O)C1(CC)CCNCC1. The van der Waals surface area contributed by atoms with Crippen molar-refractivity contribution in [2.75, 3.05) is 26.2 Å². The summed E-state index contributed by atoms with van der Waals surface area (Å²) in [6, 6.07) is 0. The largest absolute Gasteiger partial charge is 0.339 e. The molecule has 1 heterocycles. The molecule has 1 amide bonds. The van der Waals surface area contributed by atoms with Crippen LogP contribution in [0.4, 0.5) is 0 Å². The highest BCUT2D eigenvalue weighted by Gasteiger charge is 2.39. The normalized spacial score (nSPS) is 18.8. The van der Waals surface area contributed by atoms with Gasteiger partial charge in [0.15, 0.2) is 0 Å². The predicted molar refractivity (Wildman–Crippen MR) is 71.9 cm³/mol. The van der Waals surface area contributed by atoms with E-state index in [0.717, 1.165) is 44.5 Å². The lowest BCUT2D eigenvalue weighted by molar-refractivity contribution is -0.143. The van der Waals surface area contributed by atoms with Gasteiger partial charge in [0.1, 0.15) is 0 Å². The third kappa shape index (κ3) is 3.32. The zero-order valence-corrected chi connectivity index (χ0v) is 11.5. The molecule has 0 aromatic rings. The molecule has 0 radical (unpaired) electrons. The molecule has 1 saturated heterocycles. The lowest BCUT2D eigenvalue weighted by Gasteiger charge is -2.39. The van der Waals surface area contributed by atoms with E-state index in [1.165, 1.54) is 0 Å². The summed E-state index contributed by atoms with van der Waals surface area (Å²) in [6.45, 7) is 13.5. The zero-order chi connectivity index (χ0) is 12.9. The van der Waals surface area contributed by atoms with Crippen LogP contribution < -0.4 is 5.32 Å². The second-order valence-corrected chi connectivity index (χ2v) is 5.16. The molecule has 0 aromatic carbocycles. The van der Waals surface area contributed by atoms with Gasteiger partial charge in [0.25, 0.3) is 0 Å². The molecule has 1 aliphatic heterocycles. The Hall–Kier alpha value is -0.830. The summed E-state index contributed by atoms with van der Waals surface area (Å²) in [5.41, 5.74) is 0.928.